The lowest BCUT2D eigenvalue weighted by atomic mass is 9.92. The molecule has 0 aliphatic heterocycles. The maximum absolute atomic E-state index is 4.79. The Labute approximate surface area is 124 Å². The average Bonchev–Trinajstić information content (AvgIpc) is 3.11. The lowest BCUT2D eigenvalue weighted by Gasteiger charge is -2.19. The molecular formula is C15H24BrN3. The van der Waals surface area contributed by atoms with Gasteiger partial charge in [-0.1, -0.05) is 27.7 Å². The molecule has 1 aliphatic carbocycles. The van der Waals surface area contributed by atoms with Crippen molar-refractivity contribution < 1.29 is 0 Å². The fourth-order valence-electron chi connectivity index (χ4n) is 2.05. The van der Waals surface area contributed by atoms with Gasteiger partial charge in [-0.15, -0.1) is 0 Å². The second kappa shape index (κ2) is 5.78. The van der Waals surface area contributed by atoms with Gasteiger partial charge < -0.3 is 5.32 Å². The highest BCUT2D eigenvalue weighted by Crippen LogP contribution is 2.44. The van der Waals surface area contributed by atoms with Crippen LogP contribution in [0.5, 0.6) is 0 Å². The summed E-state index contributed by atoms with van der Waals surface area (Å²) < 4.78 is 1.07. The molecule has 1 aromatic heterocycles. The van der Waals surface area contributed by atoms with Crippen LogP contribution in [0.3, 0.4) is 0 Å². The third kappa shape index (κ3) is 4.16. The van der Waals surface area contributed by atoms with Crippen LogP contribution in [0.25, 0.3) is 0 Å². The molecule has 0 amide bonds. The van der Waals surface area contributed by atoms with E-state index in [1.807, 2.05) is 0 Å². The van der Waals surface area contributed by atoms with Crippen LogP contribution in [0.1, 0.15) is 64.4 Å². The molecule has 0 bridgehead atoms. The summed E-state index contributed by atoms with van der Waals surface area (Å²) in [6, 6.07) is 0. The lowest BCUT2D eigenvalue weighted by molar-refractivity contribution is 0.400. The van der Waals surface area contributed by atoms with Crippen molar-refractivity contribution in [3.63, 3.8) is 0 Å². The summed E-state index contributed by atoms with van der Waals surface area (Å²) in [6.07, 6.45) is 4.54. The van der Waals surface area contributed by atoms with Crippen LogP contribution in [0.2, 0.25) is 0 Å². The van der Waals surface area contributed by atoms with Crippen LogP contribution < -0.4 is 5.32 Å². The molecule has 2 rings (SSSR count). The zero-order valence-corrected chi connectivity index (χ0v) is 14.0. The molecule has 0 unspecified atom stereocenters. The Kier molecular flexibility index (Phi) is 4.49. The third-order valence-electron chi connectivity index (χ3n) is 3.12. The van der Waals surface area contributed by atoms with Gasteiger partial charge in [0.25, 0.3) is 0 Å². The summed E-state index contributed by atoms with van der Waals surface area (Å²) >= 11 is 3.68. The van der Waals surface area contributed by atoms with E-state index in [4.69, 9.17) is 9.97 Å². The van der Waals surface area contributed by atoms with Crippen molar-refractivity contribution in [3.8, 4) is 0 Å². The topological polar surface area (TPSA) is 37.8 Å². The van der Waals surface area contributed by atoms with Crippen molar-refractivity contribution in [2.24, 2.45) is 5.41 Å². The van der Waals surface area contributed by atoms with E-state index in [9.17, 15) is 0 Å². The zero-order valence-electron chi connectivity index (χ0n) is 12.4. The van der Waals surface area contributed by atoms with Crippen LogP contribution >= 0.6 is 15.9 Å². The number of nitrogens with zero attached hydrogens (tertiary/aromatic N) is 2. The zero-order chi connectivity index (χ0) is 14.0. The number of aromatic nitrogens is 2. The first-order valence-electron chi connectivity index (χ1n) is 7.21. The van der Waals surface area contributed by atoms with E-state index in [2.05, 4.69) is 48.9 Å². The van der Waals surface area contributed by atoms with E-state index in [1.54, 1.807) is 0 Å². The fourth-order valence-corrected chi connectivity index (χ4v) is 2.70. The van der Waals surface area contributed by atoms with Gasteiger partial charge in [0.05, 0.1) is 10.2 Å². The molecular weight excluding hydrogens is 302 g/mol. The molecule has 0 aromatic carbocycles. The van der Waals surface area contributed by atoms with Gasteiger partial charge in [-0.25, -0.2) is 9.97 Å². The van der Waals surface area contributed by atoms with E-state index < -0.39 is 0 Å². The van der Waals surface area contributed by atoms with Gasteiger partial charge >= 0.3 is 0 Å². The first-order valence-corrected chi connectivity index (χ1v) is 8.00. The van der Waals surface area contributed by atoms with Gasteiger partial charge in [-0.05, 0) is 40.6 Å². The van der Waals surface area contributed by atoms with Gasteiger partial charge in [0.15, 0.2) is 0 Å². The monoisotopic (exact) mass is 325 g/mol. The van der Waals surface area contributed by atoms with Crippen LogP contribution in [-0.2, 0) is 6.42 Å². The van der Waals surface area contributed by atoms with Gasteiger partial charge in [0.1, 0.15) is 11.6 Å². The molecule has 1 N–H and O–H groups in total. The van der Waals surface area contributed by atoms with Gasteiger partial charge in [-0.3, -0.25) is 0 Å². The standard InChI is InChI=1S/C15H24BrN3/c1-5-8-17-14-12(16)13(10-6-7-10)18-11(19-14)9-15(2,3)4/h10H,5-9H2,1-4H3,(H,17,18,19). The molecule has 0 atom stereocenters. The summed E-state index contributed by atoms with van der Waals surface area (Å²) in [5, 5.41) is 3.41. The molecule has 106 valence electrons. The van der Waals surface area contributed by atoms with Crippen molar-refractivity contribution in [2.75, 3.05) is 11.9 Å². The minimum Gasteiger partial charge on any atom is -0.369 e. The number of hydrogen-bond donors (Lipinski definition) is 1. The predicted molar refractivity (Wildman–Crippen MR) is 83.6 cm³/mol. The maximum Gasteiger partial charge on any atom is 0.144 e. The molecule has 1 saturated carbocycles. The molecule has 1 fully saturated rings. The van der Waals surface area contributed by atoms with Crippen LogP contribution in [0.4, 0.5) is 5.82 Å². The Balaban J connectivity index is 2.30. The van der Waals surface area contributed by atoms with E-state index in [-0.39, 0.29) is 5.41 Å². The normalized spacial score (nSPS) is 15.6. The Morgan fingerprint density at radius 3 is 2.47 bits per heavy atom. The summed E-state index contributed by atoms with van der Waals surface area (Å²) in [5.41, 5.74) is 1.42. The Morgan fingerprint density at radius 1 is 1.26 bits per heavy atom. The molecule has 4 heteroatoms. The summed E-state index contributed by atoms with van der Waals surface area (Å²) in [4.78, 5) is 9.49. The largest absolute Gasteiger partial charge is 0.369 e. The first-order chi connectivity index (χ1) is 8.90. The minimum absolute atomic E-state index is 0.219. The Morgan fingerprint density at radius 2 is 1.95 bits per heavy atom. The van der Waals surface area contributed by atoms with Gasteiger partial charge in [0.2, 0.25) is 0 Å². The summed E-state index contributed by atoms with van der Waals surface area (Å²) in [6.45, 7) is 9.81. The predicted octanol–water partition coefficient (Wildman–Crippen LogP) is 4.53. The second-order valence-electron chi connectivity index (χ2n) is 6.63. The summed E-state index contributed by atoms with van der Waals surface area (Å²) in [7, 11) is 0. The third-order valence-corrected chi connectivity index (χ3v) is 3.90. The Bertz CT molecular complexity index is 447. The van der Waals surface area contributed by atoms with Gasteiger partial charge in [-0.2, -0.15) is 0 Å². The maximum atomic E-state index is 4.79. The van der Waals surface area contributed by atoms with Crippen molar-refractivity contribution in [2.45, 2.75) is 59.3 Å². The second-order valence-corrected chi connectivity index (χ2v) is 7.42. The van der Waals surface area contributed by atoms with Crippen molar-refractivity contribution >= 4 is 21.7 Å². The number of rotatable bonds is 5. The lowest BCUT2D eigenvalue weighted by Crippen LogP contribution is -2.15. The fraction of sp³-hybridized carbons (Fsp3) is 0.733. The molecule has 3 nitrogen and oxygen atoms in total. The highest BCUT2D eigenvalue weighted by Gasteiger charge is 2.30. The highest BCUT2D eigenvalue weighted by molar-refractivity contribution is 9.10. The number of anilines is 1. The quantitative estimate of drug-likeness (QED) is 0.864. The van der Waals surface area contributed by atoms with Crippen molar-refractivity contribution in [1.29, 1.82) is 0 Å². The van der Waals surface area contributed by atoms with Crippen molar-refractivity contribution in [1.82, 2.24) is 9.97 Å². The molecule has 0 radical (unpaired) electrons. The first kappa shape index (κ1) is 14.8. The van der Waals surface area contributed by atoms with E-state index in [0.717, 1.165) is 35.5 Å². The summed E-state index contributed by atoms with van der Waals surface area (Å²) in [5.74, 6) is 2.58. The molecule has 1 aromatic rings. The molecule has 1 heterocycles. The SMILES string of the molecule is CCCNc1nc(CC(C)(C)C)nc(C2CC2)c1Br. The highest BCUT2D eigenvalue weighted by atomic mass is 79.9. The number of halogens is 1. The molecule has 0 spiro atoms. The molecule has 0 saturated heterocycles. The van der Waals surface area contributed by atoms with Crippen molar-refractivity contribution in [3.05, 3.63) is 16.0 Å². The minimum atomic E-state index is 0.219. The average molecular weight is 326 g/mol. The number of hydrogen-bond acceptors (Lipinski definition) is 3. The smallest absolute Gasteiger partial charge is 0.144 e. The van der Waals surface area contributed by atoms with E-state index in [1.165, 1.54) is 18.5 Å². The number of nitrogens with one attached hydrogen (secondary N) is 1. The van der Waals surface area contributed by atoms with Crippen LogP contribution in [0, 0.1) is 5.41 Å². The molecule has 19 heavy (non-hydrogen) atoms. The molecule has 1 aliphatic rings. The van der Waals surface area contributed by atoms with Crippen LogP contribution in [0.15, 0.2) is 4.47 Å². The Hall–Kier alpha value is -0.640. The van der Waals surface area contributed by atoms with Gasteiger partial charge in [0, 0.05) is 18.9 Å². The van der Waals surface area contributed by atoms with E-state index >= 15 is 0 Å². The van der Waals surface area contributed by atoms with Crippen LogP contribution in [-0.4, -0.2) is 16.5 Å². The van der Waals surface area contributed by atoms with E-state index in [0.29, 0.717) is 5.92 Å².